The van der Waals surface area contributed by atoms with Crippen LogP contribution in [0.2, 0.25) is 0 Å². The first kappa shape index (κ1) is 13.8. The van der Waals surface area contributed by atoms with Crippen LogP contribution in [-0.4, -0.2) is 42.9 Å². The summed E-state index contributed by atoms with van der Waals surface area (Å²) in [6.07, 6.45) is -0.330. The van der Waals surface area contributed by atoms with Crippen molar-refractivity contribution in [3.05, 3.63) is 0 Å². The summed E-state index contributed by atoms with van der Waals surface area (Å²) in [7, 11) is 2.88. The van der Waals surface area contributed by atoms with Crippen LogP contribution in [0.25, 0.3) is 0 Å². The molecule has 0 rings (SSSR count). The number of hydrogen-bond donors (Lipinski definition) is 1. The fourth-order valence-corrected chi connectivity index (χ4v) is 1.31. The van der Waals surface area contributed by atoms with Gasteiger partial charge in [-0.15, -0.1) is 11.6 Å². The summed E-state index contributed by atoms with van der Waals surface area (Å²) < 4.78 is 9.71. The molecule has 0 aliphatic heterocycles. The minimum absolute atomic E-state index is 0.00403. The maximum absolute atomic E-state index is 11.6. The Balaban J connectivity index is 4.30. The first-order chi connectivity index (χ1) is 6.53. The molecular formula is C9H17ClO4. The van der Waals surface area contributed by atoms with E-state index in [4.69, 9.17) is 21.1 Å². The van der Waals surface area contributed by atoms with E-state index in [1.54, 1.807) is 6.92 Å². The molecule has 0 aliphatic carbocycles. The smallest absolute Gasteiger partial charge is 0.170 e. The van der Waals surface area contributed by atoms with Gasteiger partial charge >= 0.3 is 0 Å². The number of methoxy groups -OCH3 is 2. The SMILES string of the molecule is CCC(O)(CCl)C(=O)CC(OC)OC. The zero-order chi connectivity index (χ0) is 11.2. The highest BCUT2D eigenvalue weighted by molar-refractivity contribution is 6.20. The average Bonchev–Trinajstić information content (AvgIpc) is 2.24. The number of alkyl halides is 1. The predicted molar refractivity (Wildman–Crippen MR) is 53.4 cm³/mol. The van der Waals surface area contributed by atoms with E-state index in [1.807, 2.05) is 0 Å². The van der Waals surface area contributed by atoms with E-state index in [-0.39, 0.29) is 24.5 Å². The average molecular weight is 225 g/mol. The van der Waals surface area contributed by atoms with Crippen LogP contribution in [0.1, 0.15) is 19.8 Å². The van der Waals surface area contributed by atoms with Crippen molar-refractivity contribution in [1.29, 1.82) is 0 Å². The van der Waals surface area contributed by atoms with Crippen LogP contribution in [0.5, 0.6) is 0 Å². The summed E-state index contributed by atoms with van der Waals surface area (Å²) in [6.45, 7) is 1.70. The van der Waals surface area contributed by atoms with Crippen LogP contribution in [0.3, 0.4) is 0 Å². The van der Waals surface area contributed by atoms with E-state index < -0.39 is 11.9 Å². The molecule has 0 aromatic rings. The lowest BCUT2D eigenvalue weighted by molar-refractivity contribution is -0.151. The van der Waals surface area contributed by atoms with Gasteiger partial charge in [-0.2, -0.15) is 0 Å². The van der Waals surface area contributed by atoms with Gasteiger partial charge in [0.1, 0.15) is 5.60 Å². The van der Waals surface area contributed by atoms with Crippen LogP contribution in [0, 0.1) is 0 Å². The van der Waals surface area contributed by atoms with E-state index in [0.29, 0.717) is 0 Å². The highest BCUT2D eigenvalue weighted by Gasteiger charge is 2.34. The standard InChI is InChI=1S/C9H17ClO4/c1-4-9(12,6-10)7(11)5-8(13-2)14-3/h8,12H,4-6H2,1-3H3. The lowest BCUT2D eigenvalue weighted by atomic mass is 9.95. The molecule has 0 aliphatic rings. The number of Topliss-reactive ketones (excluding diaryl/α,β-unsaturated/α-hetero) is 1. The van der Waals surface area contributed by atoms with Gasteiger partial charge in [0, 0.05) is 14.2 Å². The van der Waals surface area contributed by atoms with Crippen LogP contribution < -0.4 is 0 Å². The highest BCUT2D eigenvalue weighted by atomic mass is 35.5. The van der Waals surface area contributed by atoms with Crippen molar-refractivity contribution >= 4 is 17.4 Å². The fourth-order valence-electron chi connectivity index (χ4n) is 0.970. The maximum atomic E-state index is 11.6. The number of rotatable bonds is 7. The van der Waals surface area contributed by atoms with E-state index in [0.717, 1.165) is 0 Å². The normalized spacial score (nSPS) is 15.6. The van der Waals surface area contributed by atoms with Crippen molar-refractivity contribution in [2.45, 2.75) is 31.7 Å². The van der Waals surface area contributed by atoms with Gasteiger partial charge < -0.3 is 14.6 Å². The number of hydrogen-bond acceptors (Lipinski definition) is 4. The third-order valence-electron chi connectivity index (χ3n) is 2.20. The number of ketones is 1. The number of ether oxygens (including phenoxy) is 2. The highest BCUT2D eigenvalue weighted by Crippen LogP contribution is 2.17. The minimum Gasteiger partial charge on any atom is -0.381 e. The fraction of sp³-hybridized carbons (Fsp3) is 0.889. The topological polar surface area (TPSA) is 55.8 Å². The van der Waals surface area contributed by atoms with Crippen molar-refractivity contribution < 1.29 is 19.4 Å². The van der Waals surface area contributed by atoms with Gasteiger partial charge in [0.25, 0.3) is 0 Å². The Hall–Kier alpha value is -0.160. The second-order valence-corrected chi connectivity index (χ2v) is 3.31. The Labute approximate surface area is 89.1 Å². The first-order valence-corrected chi connectivity index (χ1v) is 4.94. The van der Waals surface area contributed by atoms with Crippen LogP contribution in [-0.2, 0) is 14.3 Å². The molecule has 1 N–H and O–H groups in total. The predicted octanol–water partition coefficient (Wildman–Crippen LogP) is 0.944. The van der Waals surface area contributed by atoms with Crippen molar-refractivity contribution in [1.82, 2.24) is 0 Å². The summed E-state index contributed by atoms with van der Waals surface area (Å²) in [6, 6.07) is 0. The summed E-state index contributed by atoms with van der Waals surface area (Å²) in [4.78, 5) is 11.6. The third kappa shape index (κ3) is 3.53. The zero-order valence-corrected chi connectivity index (χ0v) is 9.50. The van der Waals surface area contributed by atoms with Gasteiger partial charge in [-0.1, -0.05) is 6.92 Å². The molecule has 1 atom stereocenters. The Morgan fingerprint density at radius 2 is 2.00 bits per heavy atom. The second-order valence-electron chi connectivity index (χ2n) is 3.05. The number of carbonyl (C=O) groups excluding carboxylic acids is 1. The monoisotopic (exact) mass is 224 g/mol. The van der Waals surface area contributed by atoms with Crippen molar-refractivity contribution in [3.8, 4) is 0 Å². The maximum Gasteiger partial charge on any atom is 0.170 e. The Morgan fingerprint density at radius 3 is 2.29 bits per heavy atom. The molecule has 14 heavy (non-hydrogen) atoms. The Bertz CT molecular complexity index is 176. The van der Waals surface area contributed by atoms with Gasteiger partial charge in [-0.3, -0.25) is 4.79 Å². The van der Waals surface area contributed by atoms with Crippen LogP contribution >= 0.6 is 11.6 Å². The Morgan fingerprint density at radius 1 is 1.50 bits per heavy atom. The molecule has 1 unspecified atom stereocenters. The molecule has 0 heterocycles. The molecule has 0 bridgehead atoms. The van der Waals surface area contributed by atoms with Gasteiger partial charge in [0.05, 0.1) is 12.3 Å². The number of halogens is 1. The second kappa shape index (κ2) is 6.35. The molecule has 0 spiro atoms. The van der Waals surface area contributed by atoms with Crippen molar-refractivity contribution in [2.75, 3.05) is 20.1 Å². The summed E-state index contributed by atoms with van der Waals surface area (Å²) in [5.41, 5.74) is -1.46. The lowest BCUT2D eigenvalue weighted by Gasteiger charge is -2.24. The molecular weight excluding hydrogens is 208 g/mol. The molecule has 0 radical (unpaired) electrons. The first-order valence-electron chi connectivity index (χ1n) is 4.41. The third-order valence-corrected chi connectivity index (χ3v) is 2.64. The number of aliphatic hydroxyl groups is 1. The van der Waals surface area contributed by atoms with E-state index in [1.165, 1.54) is 14.2 Å². The molecule has 0 aromatic heterocycles. The molecule has 0 saturated heterocycles. The molecule has 0 aromatic carbocycles. The molecule has 5 heteroatoms. The molecule has 4 nitrogen and oxygen atoms in total. The molecule has 0 fully saturated rings. The zero-order valence-electron chi connectivity index (χ0n) is 8.75. The lowest BCUT2D eigenvalue weighted by Crippen LogP contribution is -2.42. The largest absolute Gasteiger partial charge is 0.381 e. The minimum atomic E-state index is -1.46. The van der Waals surface area contributed by atoms with E-state index >= 15 is 0 Å². The Kier molecular flexibility index (Phi) is 6.27. The van der Waals surface area contributed by atoms with Crippen molar-refractivity contribution in [2.24, 2.45) is 0 Å². The van der Waals surface area contributed by atoms with Crippen LogP contribution in [0.4, 0.5) is 0 Å². The summed E-state index contributed by atoms with van der Waals surface area (Å²) in [5.74, 6) is -0.466. The van der Waals surface area contributed by atoms with E-state index in [9.17, 15) is 9.90 Å². The van der Waals surface area contributed by atoms with Crippen molar-refractivity contribution in [3.63, 3.8) is 0 Å². The quantitative estimate of drug-likeness (QED) is 0.517. The van der Waals surface area contributed by atoms with Crippen LogP contribution in [0.15, 0.2) is 0 Å². The van der Waals surface area contributed by atoms with Gasteiger partial charge in [0.2, 0.25) is 0 Å². The van der Waals surface area contributed by atoms with Gasteiger partial charge in [-0.25, -0.2) is 0 Å². The molecule has 84 valence electrons. The number of carbonyl (C=O) groups is 1. The molecule has 0 amide bonds. The molecule has 0 saturated carbocycles. The van der Waals surface area contributed by atoms with E-state index in [2.05, 4.69) is 0 Å². The summed E-state index contributed by atoms with van der Waals surface area (Å²) in [5, 5.41) is 9.74. The summed E-state index contributed by atoms with van der Waals surface area (Å²) >= 11 is 5.52. The van der Waals surface area contributed by atoms with Gasteiger partial charge in [-0.05, 0) is 6.42 Å². The van der Waals surface area contributed by atoms with Gasteiger partial charge in [0.15, 0.2) is 12.1 Å².